The predicted octanol–water partition coefficient (Wildman–Crippen LogP) is 1.20. The second-order valence-electron chi connectivity index (χ2n) is 4.05. The van der Waals surface area contributed by atoms with Crippen LogP contribution in [0.1, 0.15) is 19.8 Å². The summed E-state index contributed by atoms with van der Waals surface area (Å²) in [4.78, 5) is 11.6. The standard InChI is InChI=1S/C11H18N4O2/c1-2-15-8-9(6-13-15)14-11(16)12-7-10-4-3-5-17-10/h6,8,10H,2-5,7H2,1H3,(H2,12,14,16). The molecule has 1 aliphatic heterocycles. The van der Waals surface area contributed by atoms with Crippen LogP contribution in [-0.2, 0) is 11.3 Å². The van der Waals surface area contributed by atoms with Crippen LogP contribution >= 0.6 is 0 Å². The fourth-order valence-corrected chi connectivity index (χ4v) is 1.79. The van der Waals surface area contributed by atoms with Crippen molar-refractivity contribution in [3.63, 3.8) is 0 Å². The Morgan fingerprint density at radius 3 is 3.24 bits per heavy atom. The maximum Gasteiger partial charge on any atom is 0.319 e. The third-order valence-electron chi connectivity index (χ3n) is 2.73. The Hall–Kier alpha value is -1.56. The van der Waals surface area contributed by atoms with Crippen LogP contribution in [0.5, 0.6) is 0 Å². The van der Waals surface area contributed by atoms with Gasteiger partial charge in [-0.2, -0.15) is 5.10 Å². The summed E-state index contributed by atoms with van der Waals surface area (Å²) >= 11 is 0. The normalized spacial score (nSPS) is 19.2. The number of aryl methyl sites for hydroxylation is 1. The smallest absolute Gasteiger partial charge is 0.319 e. The van der Waals surface area contributed by atoms with Crippen molar-refractivity contribution in [3.8, 4) is 0 Å². The van der Waals surface area contributed by atoms with Gasteiger partial charge in [-0.15, -0.1) is 0 Å². The van der Waals surface area contributed by atoms with Crippen molar-refractivity contribution in [1.29, 1.82) is 0 Å². The Morgan fingerprint density at radius 2 is 2.59 bits per heavy atom. The molecule has 0 saturated carbocycles. The van der Waals surface area contributed by atoms with Crippen LogP contribution in [0.15, 0.2) is 12.4 Å². The summed E-state index contributed by atoms with van der Waals surface area (Å²) in [5.74, 6) is 0. The van der Waals surface area contributed by atoms with Crippen LogP contribution in [0.25, 0.3) is 0 Å². The highest BCUT2D eigenvalue weighted by Crippen LogP contribution is 2.10. The van der Waals surface area contributed by atoms with Crippen molar-refractivity contribution in [2.24, 2.45) is 0 Å². The van der Waals surface area contributed by atoms with Gasteiger partial charge in [0.1, 0.15) is 0 Å². The summed E-state index contributed by atoms with van der Waals surface area (Å²) in [6.45, 7) is 4.15. The van der Waals surface area contributed by atoms with E-state index >= 15 is 0 Å². The Balaban J connectivity index is 1.72. The Labute approximate surface area is 100 Å². The van der Waals surface area contributed by atoms with Crippen molar-refractivity contribution < 1.29 is 9.53 Å². The number of anilines is 1. The molecule has 0 bridgehead atoms. The number of aromatic nitrogens is 2. The highest BCUT2D eigenvalue weighted by atomic mass is 16.5. The van der Waals surface area contributed by atoms with Gasteiger partial charge in [0.25, 0.3) is 0 Å². The van der Waals surface area contributed by atoms with Gasteiger partial charge in [-0.25, -0.2) is 4.79 Å². The van der Waals surface area contributed by atoms with Gasteiger partial charge >= 0.3 is 6.03 Å². The number of carbonyl (C=O) groups excluding carboxylic acids is 1. The summed E-state index contributed by atoms with van der Waals surface area (Å²) in [6, 6.07) is -0.212. The molecule has 0 aromatic carbocycles. The van der Waals surface area contributed by atoms with Gasteiger partial charge in [-0.1, -0.05) is 0 Å². The molecule has 1 fully saturated rings. The fourth-order valence-electron chi connectivity index (χ4n) is 1.79. The zero-order valence-corrected chi connectivity index (χ0v) is 9.98. The number of hydrogen-bond acceptors (Lipinski definition) is 3. The first-order chi connectivity index (χ1) is 8.28. The molecule has 2 amide bonds. The molecule has 1 saturated heterocycles. The Kier molecular flexibility index (Phi) is 3.98. The second kappa shape index (κ2) is 5.67. The quantitative estimate of drug-likeness (QED) is 0.828. The summed E-state index contributed by atoms with van der Waals surface area (Å²) in [6.07, 6.45) is 5.70. The summed E-state index contributed by atoms with van der Waals surface area (Å²) in [5, 5.41) is 9.59. The molecular formula is C11H18N4O2. The first-order valence-electron chi connectivity index (χ1n) is 5.97. The van der Waals surface area contributed by atoms with Crippen molar-refractivity contribution >= 4 is 11.7 Å². The molecule has 6 nitrogen and oxygen atoms in total. The van der Waals surface area contributed by atoms with E-state index in [-0.39, 0.29) is 12.1 Å². The minimum Gasteiger partial charge on any atom is -0.376 e. The number of ether oxygens (including phenoxy) is 1. The summed E-state index contributed by atoms with van der Waals surface area (Å²) < 4.78 is 7.18. The van der Waals surface area contributed by atoms with Gasteiger partial charge in [0.05, 0.1) is 18.0 Å². The molecule has 2 heterocycles. The van der Waals surface area contributed by atoms with Crippen LogP contribution < -0.4 is 10.6 Å². The van der Waals surface area contributed by atoms with Gasteiger partial charge in [0.2, 0.25) is 0 Å². The number of amides is 2. The molecule has 1 unspecified atom stereocenters. The number of urea groups is 1. The topological polar surface area (TPSA) is 68.2 Å². The third kappa shape index (κ3) is 3.45. The highest BCUT2D eigenvalue weighted by Gasteiger charge is 2.16. The van der Waals surface area contributed by atoms with Crippen molar-refractivity contribution in [1.82, 2.24) is 15.1 Å². The number of nitrogens with zero attached hydrogens (tertiary/aromatic N) is 2. The molecular weight excluding hydrogens is 220 g/mol. The number of nitrogens with one attached hydrogen (secondary N) is 2. The lowest BCUT2D eigenvalue weighted by Gasteiger charge is -2.10. The predicted molar refractivity (Wildman–Crippen MR) is 63.9 cm³/mol. The van der Waals surface area contributed by atoms with E-state index in [2.05, 4.69) is 15.7 Å². The van der Waals surface area contributed by atoms with Crippen LogP contribution in [0, 0.1) is 0 Å². The SMILES string of the molecule is CCn1cc(NC(=O)NCC2CCCO2)cn1. The van der Waals surface area contributed by atoms with Crippen LogP contribution in [0.3, 0.4) is 0 Å². The minimum atomic E-state index is -0.212. The lowest BCUT2D eigenvalue weighted by molar-refractivity contribution is 0.112. The molecule has 0 radical (unpaired) electrons. The lowest BCUT2D eigenvalue weighted by atomic mass is 10.2. The molecule has 1 aromatic rings. The Bertz CT molecular complexity index is 371. The number of hydrogen-bond donors (Lipinski definition) is 2. The molecule has 1 aromatic heterocycles. The van der Waals surface area contributed by atoms with Crippen LogP contribution in [-0.4, -0.2) is 35.1 Å². The molecule has 2 rings (SSSR count). The van der Waals surface area contributed by atoms with Crippen LogP contribution in [0.4, 0.5) is 10.5 Å². The van der Waals surface area contributed by atoms with Crippen LogP contribution in [0.2, 0.25) is 0 Å². The van der Waals surface area contributed by atoms with Gasteiger partial charge in [-0.3, -0.25) is 4.68 Å². The molecule has 2 N–H and O–H groups in total. The second-order valence-corrected chi connectivity index (χ2v) is 4.05. The monoisotopic (exact) mass is 238 g/mol. The van der Waals surface area contributed by atoms with Gasteiger partial charge in [-0.05, 0) is 19.8 Å². The summed E-state index contributed by atoms with van der Waals surface area (Å²) in [7, 11) is 0. The molecule has 1 atom stereocenters. The number of carbonyl (C=O) groups is 1. The fraction of sp³-hybridized carbons (Fsp3) is 0.636. The molecule has 0 spiro atoms. The van der Waals surface area contributed by atoms with Gasteiger partial charge < -0.3 is 15.4 Å². The van der Waals surface area contributed by atoms with E-state index in [4.69, 9.17) is 4.74 Å². The molecule has 17 heavy (non-hydrogen) atoms. The number of rotatable bonds is 4. The average molecular weight is 238 g/mol. The van der Waals surface area contributed by atoms with E-state index in [1.807, 2.05) is 6.92 Å². The minimum absolute atomic E-state index is 0.166. The first kappa shape index (κ1) is 11.9. The maximum atomic E-state index is 11.6. The van der Waals surface area contributed by atoms with Crippen molar-refractivity contribution in [2.75, 3.05) is 18.5 Å². The lowest BCUT2D eigenvalue weighted by Crippen LogP contribution is -2.34. The molecule has 6 heteroatoms. The van der Waals surface area contributed by atoms with E-state index in [0.717, 1.165) is 26.0 Å². The zero-order valence-electron chi connectivity index (χ0n) is 9.98. The van der Waals surface area contributed by atoms with Gasteiger partial charge in [0, 0.05) is 25.9 Å². The van der Waals surface area contributed by atoms with Gasteiger partial charge in [0.15, 0.2) is 0 Å². The van der Waals surface area contributed by atoms with E-state index in [9.17, 15) is 4.79 Å². The zero-order chi connectivity index (χ0) is 12.1. The molecule has 0 aliphatic carbocycles. The van der Waals surface area contributed by atoms with E-state index in [1.165, 1.54) is 0 Å². The maximum absolute atomic E-state index is 11.6. The first-order valence-corrected chi connectivity index (χ1v) is 5.97. The molecule has 1 aliphatic rings. The van der Waals surface area contributed by atoms with E-state index < -0.39 is 0 Å². The average Bonchev–Trinajstić information content (AvgIpc) is 2.97. The van der Waals surface area contributed by atoms with Crippen molar-refractivity contribution in [3.05, 3.63) is 12.4 Å². The van der Waals surface area contributed by atoms with E-state index in [0.29, 0.717) is 12.2 Å². The largest absolute Gasteiger partial charge is 0.376 e. The van der Waals surface area contributed by atoms with E-state index in [1.54, 1.807) is 17.1 Å². The van der Waals surface area contributed by atoms with Crippen molar-refractivity contribution in [2.45, 2.75) is 32.4 Å². The Morgan fingerprint density at radius 1 is 1.71 bits per heavy atom. The third-order valence-corrected chi connectivity index (χ3v) is 2.73. The highest BCUT2D eigenvalue weighted by molar-refractivity contribution is 5.88. The molecule has 94 valence electrons. The summed E-state index contributed by atoms with van der Waals surface area (Å²) in [5.41, 5.74) is 0.705.